The number of nitrogens with one attached hydrogen (secondary N) is 2. The lowest BCUT2D eigenvalue weighted by atomic mass is 10.1. The van der Waals surface area contributed by atoms with Gasteiger partial charge in [0.2, 0.25) is 10.0 Å². The fourth-order valence-electron chi connectivity index (χ4n) is 4.41. The Kier molecular flexibility index (Phi) is 6.31. The zero-order valence-electron chi connectivity index (χ0n) is 19.4. The van der Waals surface area contributed by atoms with Crippen LogP contribution in [0.25, 0.3) is 10.9 Å². The van der Waals surface area contributed by atoms with Gasteiger partial charge in [-0.15, -0.1) is 0 Å². The summed E-state index contributed by atoms with van der Waals surface area (Å²) >= 11 is 0. The van der Waals surface area contributed by atoms with E-state index in [0.29, 0.717) is 40.6 Å². The van der Waals surface area contributed by atoms with E-state index in [9.17, 15) is 8.42 Å². The summed E-state index contributed by atoms with van der Waals surface area (Å²) in [6.07, 6.45) is 3.61. The number of aromatic nitrogens is 2. The number of fused-ring (bicyclic) bond motifs is 1. The summed E-state index contributed by atoms with van der Waals surface area (Å²) in [5, 5.41) is 4.10. The van der Waals surface area contributed by atoms with Crippen LogP contribution in [0.1, 0.15) is 26.7 Å². The van der Waals surface area contributed by atoms with Crippen molar-refractivity contribution in [3.05, 3.63) is 36.7 Å². The highest BCUT2D eigenvalue weighted by atomic mass is 32.2. The first-order valence-electron chi connectivity index (χ1n) is 10.8. The summed E-state index contributed by atoms with van der Waals surface area (Å²) < 4.78 is 38.3. The Balaban J connectivity index is 1.87. The van der Waals surface area contributed by atoms with Gasteiger partial charge in [0, 0.05) is 23.5 Å². The van der Waals surface area contributed by atoms with Crippen molar-refractivity contribution in [3.63, 3.8) is 0 Å². The minimum absolute atomic E-state index is 0.174. The van der Waals surface area contributed by atoms with Gasteiger partial charge in [-0.05, 0) is 58.0 Å². The topological polar surface area (TPSA) is 106 Å². The van der Waals surface area contributed by atoms with E-state index in [1.54, 1.807) is 32.4 Å². The molecule has 3 aromatic rings. The van der Waals surface area contributed by atoms with E-state index in [0.717, 1.165) is 23.9 Å². The van der Waals surface area contributed by atoms with Gasteiger partial charge in [-0.3, -0.25) is 0 Å². The molecule has 0 amide bonds. The minimum atomic E-state index is -3.62. The number of hydrogen-bond acceptors (Lipinski definition) is 8. The van der Waals surface area contributed by atoms with Crippen molar-refractivity contribution in [3.8, 4) is 11.5 Å². The molecule has 0 aliphatic carbocycles. The SMILES string of the molecule is CNS(=O)(=O)c1ccc(N2C(C)CCC2C)c(Nc2ncnc3cc(OC)c(OC)cc23)c1. The Hall–Kier alpha value is -3.11. The maximum Gasteiger partial charge on any atom is 0.240 e. The predicted molar refractivity (Wildman–Crippen MR) is 129 cm³/mol. The summed E-state index contributed by atoms with van der Waals surface area (Å²) in [7, 11) is 0.923. The van der Waals surface area contributed by atoms with Gasteiger partial charge in [-0.25, -0.2) is 23.1 Å². The zero-order valence-corrected chi connectivity index (χ0v) is 20.2. The number of nitrogens with zero attached hydrogens (tertiary/aromatic N) is 3. The molecule has 9 nitrogen and oxygen atoms in total. The number of ether oxygens (including phenoxy) is 2. The highest BCUT2D eigenvalue weighted by Gasteiger charge is 2.30. The third kappa shape index (κ3) is 4.28. The van der Waals surface area contributed by atoms with E-state index in [2.05, 4.69) is 38.8 Å². The maximum atomic E-state index is 12.5. The molecule has 2 N–H and O–H groups in total. The second-order valence-corrected chi connectivity index (χ2v) is 10.0. The van der Waals surface area contributed by atoms with E-state index in [4.69, 9.17) is 9.47 Å². The number of methoxy groups -OCH3 is 2. The summed E-state index contributed by atoms with van der Waals surface area (Å²) in [5.74, 6) is 1.66. The number of anilines is 3. The van der Waals surface area contributed by atoms with Crippen molar-refractivity contribution >= 4 is 38.1 Å². The maximum absolute atomic E-state index is 12.5. The standard InChI is InChI=1S/C23H29N5O4S/c1-14-6-7-15(2)28(14)20-9-8-16(33(29,30)24-3)10-19(20)27-23-17-11-21(31-4)22(32-5)12-18(17)25-13-26-23/h8-15,24H,6-7H2,1-5H3,(H,25,26,27). The molecule has 4 rings (SSSR count). The highest BCUT2D eigenvalue weighted by molar-refractivity contribution is 7.89. The molecular weight excluding hydrogens is 442 g/mol. The lowest BCUT2D eigenvalue weighted by Crippen LogP contribution is -2.33. The molecule has 0 saturated carbocycles. The van der Waals surface area contributed by atoms with Crippen molar-refractivity contribution < 1.29 is 17.9 Å². The average Bonchev–Trinajstić information content (AvgIpc) is 3.15. The van der Waals surface area contributed by atoms with E-state index in [1.165, 1.54) is 13.4 Å². The van der Waals surface area contributed by atoms with Gasteiger partial charge < -0.3 is 19.7 Å². The molecule has 1 aromatic heterocycles. The zero-order chi connectivity index (χ0) is 23.8. The van der Waals surface area contributed by atoms with Crippen LogP contribution in [0, 0.1) is 0 Å². The van der Waals surface area contributed by atoms with Gasteiger partial charge in [-0.2, -0.15) is 0 Å². The van der Waals surface area contributed by atoms with Crippen molar-refractivity contribution in [2.24, 2.45) is 0 Å². The normalized spacial score (nSPS) is 18.5. The van der Waals surface area contributed by atoms with E-state index >= 15 is 0 Å². The average molecular weight is 472 g/mol. The lowest BCUT2D eigenvalue weighted by molar-refractivity contribution is 0.356. The molecule has 1 fully saturated rings. The Labute approximate surface area is 194 Å². The third-order valence-electron chi connectivity index (χ3n) is 6.17. The molecule has 1 saturated heterocycles. The summed E-state index contributed by atoms with van der Waals surface area (Å²) in [5.41, 5.74) is 2.25. The van der Waals surface area contributed by atoms with Gasteiger partial charge in [0.25, 0.3) is 0 Å². The predicted octanol–water partition coefficient (Wildman–Crippen LogP) is 3.68. The Morgan fingerprint density at radius 3 is 2.30 bits per heavy atom. The highest BCUT2D eigenvalue weighted by Crippen LogP contribution is 2.40. The quantitative estimate of drug-likeness (QED) is 0.538. The van der Waals surface area contributed by atoms with Crippen LogP contribution in [0.4, 0.5) is 17.2 Å². The van der Waals surface area contributed by atoms with Crippen molar-refractivity contribution in [2.45, 2.75) is 43.7 Å². The van der Waals surface area contributed by atoms with Crippen molar-refractivity contribution in [2.75, 3.05) is 31.5 Å². The largest absolute Gasteiger partial charge is 0.493 e. The molecular formula is C23H29N5O4S. The van der Waals surface area contributed by atoms with Crippen LogP contribution in [0.3, 0.4) is 0 Å². The number of rotatable bonds is 7. The molecule has 2 aromatic carbocycles. The smallest absolute Gasteiger partial charge is 0.240 e. The second-order valence-electron chi connectivity index (χ2n) is 8.14. The fourth-order valence-corrected chi connectivity index (χ4v) is 5.16. The number of benzene rings is 2. The van der Waals surface area contributed by atoms with Crippen LogP contribution in [0.5, 0.6) is 11.5 Å². The monoisotopic (exact) mass is 471 g/mol. The van der Waals surface area contributed by atoms with Crippen LogP contribution >= 0.6 is 0 Å². The first-order valence-corrected chi connectivity index (χ1v) is 12.3. The van der Waals surface area contributed by atoms with E-state index in [1.807, 2.05) is 12.1 Å². The van der Waals surface area contributed by atoms with Gasteiger partial charge in [-0.1, -0.05) is 0 Å². The number of hydrogen-bond donors (Lipinski definition) is 2. The van der Waals surface area contributed by atoms with Gasteiger partial charge in [0.05, 0.1) is 36.0 Å². The molecule has 176 valence electrons. The van der Waals surface area contributed by atoms with Crippen LogP contribution in [0.15, 0.2) is 41.6 Å². The Morgan fingerprint density at radius 1 is 1.00 bits per heavy atom. The van der Waals surface area contributed by atoms with E-state index in [-0.39, 0.29) is 4.90 Å². The molecule has 33 heavy (non-hydrogen) atoms. The molecule has 2 heterocycles. The molecule has 2 unspecified atom stereocenters. The van der Waals surface area contributed by atoms with Crippen molar-refractivity contribution in [1.29, 1.82) is 0 Å². The molecule has 10 heteroatoms. The summed E-state index contributed by atoms with van der Waals surface area (Å²) in [4.78, 5) is 11.3. The summed E-state index contributed by atoms with van der Waals surface area (Å²) in [6.45, 7) is 4.37. The number of sulfonamides is 1. The van der Waals surface area contributed by atoms with Gasteiger partial charge in [0.1, 0.15) is 12.1 Å². The van der Waals surface area contributed by atoms with Crippen molar-refractivity contribution in [1.82, 2.24) is 14.7 Å². The minimum Gasteiger partial charge on any atom is -0.493 e. The lowest BCUT2D eigenvalue weighted by Gasteiger charge is -2.31. The van der Waals surface area contributed by atoms with Crippen LogP contribution in [-0.2, 0) is 10.0 Å². The molecule has 2 atom stereocenters. The molecule has 0 bridgehead atoms. The first kappa shape index (κ1) is 23.1. The van der Waals surface area contributed by atoms with Crippen LogP contribution in [-0.4, -0.2) is 51.7 Å². The van der Waals surface area contributed by atoms with Crippen LogP contribution < -0.4 is 24.4 Å². The molecule has 1 aliphatic rings. The first-order chi connectivity index (χ1) is 15.8. The van der Waals surface area contributed by atoms with E-state index < -0.39 is 10.0 Å². The fraction of sp³-hybridized carbons (Fsp3) is 0.391. The van der Waals surface area contributed by atoms with Gasteiger partial charge in [0.15, 0.2) is 11.5 Å². The van der Waals surface area contributed by atoms with Gasteiger partial charge >= 0.3 is 0 Å². The molecule has 0 spiro atoms. The molecule has 1 aliphatic heterocycles. The molecule has 0 radical (unpaired) electrons. The van der Waals surface area contributed by atoms with Crippen LogP contribution in [0.2, 0.25) is 0 Å². The Morgan fingerprint density at radius 2 is 1.67 bits per heavy atom. The summed E-state index contributed by atoms with van der Waals surface area (Å²) in [6, 6.07) is 9.40. The second kappa shape index (κ2) is 9.03. The Bertz CT molecular complexity index is 1270. The third-order valence-corrected chi connectivity index (χ3v) is 7.58.